The van der Waals surface area contributed by atoms with Crippen LogP contribution in [-0.2, 0) is 4.74 Å². The summed E-state index contributed by atoms with van der Waals surface area (Å²) in [4.78, 5) is 0. The summed E-state index contributed by atoms with van der Waals surface area (Å²) in [7, 11) is 0. The van der Waals surface area contributed by atoms with E-state index in [2.05, 4.69) is 19.1 Å². The molecule has 1 aliphatic heterocycles. The van der Waals surface area contributed by atoms with Crippen LogP contribution in [0, 0.1) is 6.92 Å². The van der Waals surface area contributed by atoms with Gasteiger partial charge in [-0.3, -0.25) is 0 Å². The van der Waals surface area contributed by atoms with E-state index in [1.165, 1.54) is 5.56 Å². The standard InChI is InChI=1S/C15H24NO3.HI/c1-14-3-2-4-15(13-14)19-12-8-16(5-9-17)6-10-18-11-7-16;/h2-4,13,17H,5-12H2,1H3;1H/q+1;/p-1. The first kappa shape index (κ1) is 17.7. The van der Waals surface area contributed by atoms with Gasteiger partial charge in [0.1, 0.15) is 38.5 Å². The van der Waals surface area contributed by atoms with Gasteiger partial charge in [0, 0.05) is 0 Å². The van der Waals surface area contributed by atoms with Crippen molar-refractivity contribution in [2.75, 3.05) is 52.6 Å². The largest absolute Gasteiger partial charge is 1.00 e. The summed E-state index contributed by atoms with van der Waals surface area (Å²) >= 11 is 0. The third-order valence-corrected chi connectivity index (χ3v) is 3.82. The lowest BCUT2D eigenvalue weighted by Crippen LogP contribution is -3.00. The molecule has 1 N–H and O–H groups in total. The number of halogens is 1. The van der Waals surface area contributed by atoms with Gasteiger partial charge < -0.3 is 43.0 Å². The molecule has 0 saturated carbocycles. The molecule has 1 aromatic carbocycles. The number of hydrogen-bond acceptors (Lipinski definition) is 3. The Hall–Kier alpha value is -0.370. The zero-order valence-electron chi connectivity index (χ0n) is 12.1. The molecule has 0 bridgehead atoms. The van der Waals surface area contributed by atoms with E-state index in [0.29, 0.717) is 6.61 Å². The van der Waals surface area contributed by atoms with Crippen LogP contribution in [-0.4, -0.2) is 62.2 Å². The molecule has 2 rings (SSSR count). The summed E-state index contributed by atoms with van der Waals surface area (Å²) in [5.41, 5.74) is 1.21. The van der Waals surface area contributed by atoms with Gasteiger partial charge in [-0.25, -0.2) is 0 Å². The van der Waals surface area contributed by atoms with Gasteiger partial charge in [-0.1, -0.05) is 12.1 Å². The maximum absolute atomic E-state index is 9.24. The number of aryl methyl sites for hydroxylation is 1. The number of morpholine rings is 1. The molecule has 20 heavy (non-hydrogen) atoms. The molecule has 0 spiro atoms. The second-order valence-electron chi connectivity index (χ2n) is 5.24. The second-order valence-corrected chi connectivity index (χ2v) is 5.24. The minimum atomic E-state index is 0. The number of nitrogens with zero attached hydrogens (tertiary/aromatic N) is 1. The van der Waals surface area contributed by atoms with Crippen LogP contribution >= 0.6 is 0 Å². The van der Waals surface area contributed by atoms with E-state index in [1.54, 1.807) is 0 Å². The molecule has 0 atom stereocenters. The van der Waals surface area contributed by atoms with Crippen LogP contribution in [0.25, 0.3) is 0 Å². The van der Waals surface area contributed by atoms with Gasteiger partial charge in [-0.15, -0.1) is 0 Å². The van der Waals surface area contributed by atoms with E-state index in [0.717, 1.165) is 49.6 Å². The van der Waals surface area contributed by atoms with E-state index in [-0.39, 0.29) is 30.6 Å². The van der Waals surface area contributed by atoms with Crippen molar-refractivity contribution in [3.63, 3.8) is 0 Å². The Morgan fingerprint density at radius 1 is 1.25 bits per heavy atom. The molecule has 0 unspecified atom stereocenters. The van der Waals surface area contributed by atoms with Crippen molar-refractivity contribution in [1.82, 2.24) is 0 Å². The molecule has 1 saturated heterocycles. The molecular weight excluding hydrogens is 369 g/mol. The minimum absolute atomic E-state index is 0. The second kappa shape index (κ2) is 8.81. The van der Waals surface area contributed by atoms with Gasteiger partial charge in [-0.05, 0) is 24.6 Å². The maximum Gasteiger partial charge on any atom is 0.137 e. The molecule has 0 aliphatic carbocycles. The van der Waals surface area contributed by atoms with E-state index in [4.69, 9.17) is 9.47 Å². The highest BCUT2D eigenvalue weighted by atomic mass is 127. The van der Waals surface area contributed by atoms with Crippen molar-refractivity contribution >= 4 is 0 Å². The van der Waals surface area contributed by atoms with Crippen LogP contribution in [0.2, 0.25) is 0 Å². The van der Waals surface area contributed by atoms with E-state index < -0.39 is 0 Å². The van der Waals surface area contributed by atoms with Gasteiger partial charge in [0.15, 0.2) is 0 Å². The highest BCUT2D eigenvalue weighted by Gasteiger charge is 2.29. The number of hydrogen-bond donors (Lipinski definition) is 1. The van der Waals surface area contributed by atoms with Crippen molar-refractivity contribution in [1.29, 1.82) is 0 Å². The van der Waals surface area contributed by atoms with Gasteiger partial charge in [0.25, 0.3) is 0 Å². The Labute approximate surface area is 138 Å². The van der Waals surface area contributed by atoms with E-state index >= 15 is 0 Å². The van der Waals surface area contributed by atoms with Crippen molar-refractivity contribution in [3.05, 3.63) is 29.8 Å². The number of ether oxygens (including phenoxy) is 2. The quantitative estimate of drug-likeness (QED) is 0.459. The molecule has 4 nitrogen and oxygen atoms in total. The number of benzene rings is 1. The summed E-state index contributed by atoms with van der Waals surface area (Å²) in [5, 5.41) is 9.24. The normalized spacial score (nSPS) is 17.3. The first-order chi connectivity index (χ1) is 9.24. The molecule has 1 heterocycles. The smallest absolute Gasteiger partial charge is 0.137 e. The third-order valence-electron chi connectivity index (χ3n) is 3.82. The number of aliphatic hydroxyl groups excluding tert-OH is 1. The fourth-order valence-corrected chi connectivity index (χ4v) is 2.56. The van der Waals surface area contributed by atoms with E-state index in [9.17, 15) is 5.11 Å². The maximum atomic E-state index is 9.24. The SMILES string of the molecule is Cc1cccc(OCC[N+]2(CCO)CCOCC2)c1.[I-]. The van der Waals surface area contributed by atoms with Crippen molar-refractivity contribution in [3.8, 4) is 5.75 Å². The van der Waals surface area contributed by atoms with Crippen LogP contribution in [0.1, 0.15) is 5.56 Å². The molecule has 1 aromatic rings. The average Bonchev–Trinajstić information content (AvgIpc) is 2.40. The topological polar surface area (TPSA) is 38.7 Å². The first-order valence-corrected chi connectivity index (χ1v) is 6.97. The molecular formula is C15H24INO3. The Bertz CT molecular complexity index is 389. The summed E-state index contributed by atoms with van der Waals surface area (Å²) in [6.07, 6.45) is 0. The van der Waals surface area contributed by atoms with Crippen molar-refractivity contribution in [2.45, 2.75) is 6.92 Å². The lowest BCUT2D eigenvalue weighted by atomic mass is 10.2. The highest BCUT2D eigenvalue weighted by molar-refractivity contribution is 5.27. The van der Waals surface area contributed by atoms with Crippen LogP contribution in [0.4, 0.5) is 0 Å². The monoisotopic (exact) mass is 393 g/mol. The molecule has 1 aliphatic rings. The lowest BCUT2D eigenvalue weighted by Gasteiger charge is -2.40. The molecule has 114 valence electrons. The molecule has 0 amide bonds. The van der Waals surface area contributed by atoms with Gasteiger partial charge in [0.05, 0.1) is 19.8 Å². The predicted molar refractivity (Wildman–Crippen MR) is 74.3 cm³/mol. The van der Waals surface area contributed by atoms with Crippen LogP contribution < -0.4 is 28.7 Å². The fraction of sp³-hybridized carbons (Fsp3) is 0.600. The molecule has 1 fully saturated rings. The summed E-state index contributed by atoms with van der Waals surface area (Å²) in [6, 6.07) is 8.12. The summed E-state index contributed by atoms with van der Waals surface area (Å²) in [5.74, 6) is 0.926. The molecule has 0 radical (unpaired) electrons. The zero-order chi connectivity index (χ0) is 13.6. The highest BCUT2D eigenvalue weighted by Crippen LogP contribution is 2.14. The Kier molecular flexibility index (Phi) is 7.79. The molecule has 0 aromatic heterocycles. The predicted octanol–water partition coefficient (Wildman–Crippen LogP) is -1.78. The number of rotatable bonds is 6. The van der Waals surface area contributed by atoms with Gasteiger partial charge in [0.2, 0.25) is 0 Å². The minimum Gasteiger partial charge on any atom is -1.00 e. The average molecular weight is 393 g/mol. The Balaban J connectivity index is 0.00000200. The summed E-state index contributed by atoms with van der Waals surface area (Å²) in [6.45, 7) is 8.20. The van der Waals surface area contributed by atoms with Crippen LogP contribution in [0.3, 0.4) is 0 Å². The molecule has 5 heteroatoms. The zero-order valence-corrected chi connectivity index (χ0v) is 14.2. The van der Waals surface area contributed by atoms with Crippen LogP contribution in [0.15, 0.2) is 24.3 Å². The third kappa shape index (κ3) is 5.20. The van der Waals surface area contributed by atoms with Gasteiger partial charge in [-0.2, -0.15) is 0 Å². The van der Waals surface area contributed by atoms with E-state index in [1.807, 2.05) is 12.1 Å². The lowest BCUT2D eigenvalue weighted by molar-refractivity contribution is -0.935. The van der Waals surface area contributed by atoms with Gasteiger partial charge >= 0.3 is 0 Å². The fourth-order valence-electron chi connectivity index (χ4n) is 2.56. The summed E-state index contributed by atoms with van der Waals surface area (Å²) < 4.78 is 12.1. The Morgan fingerprint density at radius 2 is 2.00 bits per heavy atom. The Morgan fingerprint density at radius 3 is 2.65 bits per heavy atom. The van der Waals surface area contributed by atoms with Crippen molar-refractivity contribution in [2.24, 2.45) is 0 Å². The number of aliphatic hydroxyl groups is 1. The van der Waals surface area contributed by atoms with Crippen LogP contribution in [0.5, 0.6) is 5.75 Å². The van der Waals surface area contributed by atoms with Crippen molar-refractivity contribution < 1.29 is 43.0 Å². The number of quaternary nitrogens is 1. The first-order valence-electron chi connectivity index (χ1n) is 6.97.